The lowest BCUT2D eigenvalue weighted by atomic mass is 10.1. The number of hydrogen-bond acceptors (Lipinski definition) is 4. The first-order valence-corrected chi connectivity index (χ1v) is 8.04. The van der Waals surface area contributed by atoms with Gasteiger partial charge in [0, 0.05) is 25.0 Å². The maximum atomic E-state index is 12.5. The molecule has 1 saturated carbocycles. The molecule has 2 aromatic rings. The second-order valence-corrected chi connectivity index (χ2v) is 6.23. The Labute approximate surface area is 129 Å². The van der Waals surface area contributed by atoms with Crippen molar-refractivity contribution in [2.24, 2.45) is 0 Å². The third kappa shape index (κ3) is 2.53. The SMILES string of the molecule is O=C(c1ccoc1)N1CCCC1CCc1nncn1C1CC1. The zero-order valence-corrected chi connectivity index (χ0v) is 12.5. The molecule has 1 unspecified atom stereocenters. The van der Waals surface area contributed by atoms with Crippen LogP contribution >= 0.6 is 0 Å². The van der Waals surface area contributed by atoms with Gasteiger partial charge in [0.2, 0.25) is 0 Å². The minimum Gasteiger partial charge on any atom is -0.472 e. The van der Waals surface area contributed by atoms with Gasteiger partial charge in [-0.1, -0.05) is 0 Å². The molecule has 1 amide bonds. The van der Waals surface area contributed by atoms with E-state index in [-0.39, 0.29) is 5.91 Å². The van der Waals surface area contributed by atoms with E-state index in [1.54, 1.807) is 12.3 Å². The Morgan fingerprint density at radius 1 is 1.36 bits per heavy atom. The number of likely N-dealkylation sites (tertiary alicyclic amines) is 1. The van der Waals surface area contributed by atoms with Crippen molar-refractivity contribution in [1.29, 1.82) is 0 Å². The lowest BCUT2D eigenvalue weighted by Gasteiger charge is -2.24. The van der Waals surface area contributed by atoms with Gasteiger partial charge in [0.15, 0.2) is 0 Å². The number of carbonyl (C=O) groups excluding carboxylic acids is 1. The number of nitrogens with zero attached hydrogens (tertiary/aromatic N) is 4. The van der Waals surface area contributed by atoms with Crippen LogP contribution in [-0.4, -0.2) is 38.2 Å². The van der Waals surface area contributed by atoms with E-state index in [2.05, 4.69) is 14.8 Å². The Bertz CT molecular complexity index is 645. The first-order chi connectivity index (χ1) is 10.8. The van der Waals surface area contributed by atoms with Crippen LogP contribution in [0.25, 0.3) is 0 Å². The molecular formula is C16H20N4O2. The molecule has 6 heteroatoms. The molecule has 1 aliphatic heterocycles. The fraction of sp³-hybridized carbons (Fsp3) is 0.562. The highest BCUT2D eigenvalue weighted by Crippen LogP contribution is 2.35. The maximum absolute atomic E-state index is 12.5. The summed E-state index contributed by atoms with van der Waals surface area (Å²) in [6, 6.07) is 2.64. The second-order valence-electron chi connectivity index (χ2n) is 6.23. The van der Waals surface area contributed by atoms with Crippen molar-refractivity contribution in [1.82, 2.24) is 19.7 Å². The maximum Gasteiger partial charge on any atom is 0.257 e. The van der Waals surface area contributed by atoms with Crippen LogP contribution in [0.3, 0.4) is 0 Å². The average Bonchev–Trinajstić information content (AvgIpc) is 3.02. The summed E-state index contributed by atoms with van der Waals surface area (Å²) in [5.41, 5.74) is 0.646. The van der Waals surface area contributed by atoms with Gasteiger partial charge in [-0.05, 0) is 38.2 Å². The van der Waals surface area contributed by atoms with Crippen LogP contribution in [-0.2, 0) is 6.42 Å². The Kier molecular flexibility index (Phi) is 3.44. The lowest BCUT2D eigenvalue weighted by molar-refractivity contribution is 0.0729. The van der Waals surface area contributed by atoms with Gasteiger partial charge in [-0.25, -0.2) is 0 Å². The number of rotatable bonds is 5. The fourth-order valence-corrected chi connectivity index (χ4v) is 3.35. The molecule has 0 bridgehead atoms. The highest BCUT2D eigenvalue weighted by molar-refractivity contribution is 5.94. The van der Waals surface area contributed by atoms with Crippen molar-refractivity contribution >= 4 is 5.91 Å². The number of carbonyl (C=O) groups is 1. The van der Waals surface area contributed by atoms with Crippen molar-refractivity contribution in [3.05, 3.63) is 36.3 Å². The lowest BCUT2D eigenvalue weighted by Crippen LogP contribution is -2.35. The molecule has 0 radical (unpaired) electrons. The Morgan fingerprint density at radius 3 is 3.05 bits per heavy atom. The number of aryl methyl sites for hydroxylation is 1. The van der Waals surface area contributed by atoms with Crippen molar-refractivity contribution < 1.29 is 9.21 Å². The topological polar surface area (TPSA) is 64.2 Å². The Hall–Kier alpha value is -2.11. The fourth-order valence-electron chi connectivity index (χ4n) is 3.35. The zero-order chi connectivity index (χ0) is 14.9. The van der Waals surface area contributed by atoms with Crippen LogP contribution in [0.1, 0.15) is 54.3 Å². The van der Waals surface area contributed by atoms with Crippen molar-refractivity contribution in [2.75, 3.05) is 6.54 Å². The van der Waals surface area contributed by atoms with Crippen LogP contribution in [0, 0.1) is 0 Å². The largest absolute Gasteiger partial charge is 0.472 e. The van der Waals surface area contributed by atoms with Crippen LogP contribution in [0.5, 0.6) is 0 Å². The normalized spacial score (nSPS) is 21.5. The highest BCUT2D eigenvalue weighted by atomic mass is 16.3. The average molecular weight is 300 g/mol. The molecule has 2 aliphatic rings. The van der Waals surface area contributed by atoms with Crippen LogP contribution in [0.2, 0.25) is 0 Å². The van der Waals surface area contributed by atoms with E-state index < -0.39 is 0 Å². The predicted octanol–water partition coefficient (Wildman–Crippen LogP) is 2.44. The molecule has 2 fully saturated rings. The molecule has 0 N–H and O–H groups in total. The molecule has 1 atom stereocenters. The first kappa shape index (κ1) is 13.5. The second kappa shape index (κ2) is 5.59. The first-order valence-electron chi connectivity index (χ1n) is 8.04. The van der Waals surface area contributed by atoms with Gasteiger partial charge in [-0.2, -0.15) is 0 Å². The standard InChI is InChI=1S/C16H20N4O2/c21-16(12-7-9-22-10-12)19-8-1-2-13(19)5-6-15-18-17-11-20(15)14-3-4-14/h7,9-11,13-14H,1-6,8H2. The monoisotopic (exact) mass is 300 g/mol. The van der Waals surface area contributed by atoms with Crippen LogP contribution in [0.15, 0.2) is 29.3 Å². The number of hydrogen-bond donors (Lipinski definition) is 0. The predicted molar refractivity (Wildman–Crippen MR) is 79.4 cm³/mol. The van der Waals surface area contributed by atoms with Gasteiger partial charge in [-0.3, -0.25) is 4.79 Å². The van der Waals surface area contributed by atoms with Gasteiger partial charge in [0.25, 0.3) is 5.91 Å². The summed E-state index contributed by atoms with van der Waals surface area (Å²) in [6.07, 6.45) is 11.4. The summed E-state index contributed by atoms with van der Waals surface area (Å²) >= 11 is 0. The summed E-state index contributed by atoms with van der Waals surface area (Å²) in [4.78, 5) is 14.5. The van der Waals surface area contributed by atoms with Crippen LogP contribution in [0.4, 0.5) is 0 Å². The van der Waals surface area contributed by atoms with Crippen molar-refractivity contribution in [2.45, 2.75) is 50.6 Å². The summed E-state index contributed by atoms with van der Waals surface area (Å²) in [5, 5.41) is 8.30. The van der Waals surface area contributed by atoms with Gasteiger partial charge in [0.05, 0.1) is 11.8 Å². The highest BCUT2D eigenvalue weighted by Gasteiger charge is 2.31. The molecule has 0 spiro atoms. The molecule has 22 heavy (non-hydrogen) atoms. The van der Waals surface area contributed by atoms with Gasteiger partial charge in [-0.15, -0.1) is 10.2 Å². The minimum atomic E-state index is 0.0832. The number of amides is 1. The molecule has 2 aromatic heterocycles. The summed E-state index contributed by atoms with van der Waals surface area (Å²) in [5.74, 6) is 1.14. The van der Waals surface area contributed by atoms with E-state index >= 15 is 0 Å². The van der Waals surface area contributed by atoms with E-state index in [0.717, 1.165) is 38.1 Å². The quantitative estimate of drug-likeness (QED) is 0.851. The molecule has 0 aromatic carbocycles. The minimum absolute atomic E-state index is 0.0832. The zero-order valence-electron chi connectivity index (χ0n) is 12.5. The van der Waals surface area contributed by atoms with E-state index in [4.69, 9.17) is 4.42 Å². The van der Waals surface area contributed by atoms with Crippen LogP contribution < -0.4 is 0 Å². The Morgan fingerprint density at radius 2 is 2.27 bits per heavy atom. The van der Waals surface area contributed by atoms with E-state index in [0.29, 0.717) is 17.6 Å². The molecule has 3 heterocycles. The summed E-state index contributed by atoms with van der Waals surface area (Å²) in [6.45, 7) is 0.837. The molecule has 1 aliphatic carbocycles. The Balaban J connectivity index is 1.41. The van der Waals surface area contributed by atoms with Gasteiger partial charge < -0.3 is 13.9 Å². The van der Waals surface area contributed by atoms with E-state index in [1.165, 1.54) is 19.1 Å². The number of aromatic nitrogens is 3. The molecule has 6 nitrogen and oxygen atoms in total. The molecule has 116 valence electrons. The third-order valence-corrected chi connectivity index (χ3v) is 4.69. The molecule has 4 rings (SSSR count). The molecule has 1 saturated heterocycles. The van der Waals surface area contributed by atoms with E-state index in [9.17, 15) is 4.79 Å². The van der Waals surface area contributed by atoms with Gasteiger partial charge in [0.1, 0.15) is 18.4 Å². The third-order valence-electron chi connectivity index (χ3n) is 4.69. The molecular weight excluding hydrogens is 280 g/mol. The summed E-state index contributed by atoms with van der Waals surface area (Å²) < 4.78 is 7.23. The van der Waals surface area contributed by atoms with Crippen molar-refractivity contribution in [3.63, 3.8) is 0 Å². The van der Waals surface area contributed by atoms with Gasteiger partial charge >= 0.3 is 0 Å². The van der Waals surface area contributed by atoms with E-state index in [1.807, 2.05) is 11.2 Å². The van der Waals surface area contributed by atoms with Crippen molar-refractivity contribution in [3.8, 4) is 0 Å². The smallest absolute Gasteiger partial charge is 0.257 e. The summed E-state index contributed by atoms with van der Waals surface area (Å²) in [7, 11) is 0. The number of furan rings is 1.